The van der Waals surface area contributed by atoms with Crippen LogP contribution in [-0.2, 0) is 12.7 Å². The SMILES string of the molecule is C[SiH](Oc1ccc(C(=O)C(C)(C)O[SiH](C)O[Si](C)(C)C)cc1)O[Si](C)(C)C. The number of ketones is 1. The van der Waals surface area contributed by atoms with E-state index in [1.54, 1.807) is 12.1 Å². The molecular weight excluding hydrogens is 409 g/mol. The lowest BCUT2D eigenvalue weighted by molar-refractivity contribution is 0.0518. The third kappa shape index (κ3) is 9.46. The predicted molar refractivity (Wildman–Crippen MR) is 121 cm³/mol. The van der Waals surface area contributed by atoms with Crippen molar-refractivity contribution in [1.82, 2.24) is 0 Å². The van der Waals surface area contributed by atoms with Crippen LogP contribution in [0.5, 0.6) is 5.75 Å². The molecule has 1 rings (SSSR count). The number of benzene rings is 1. The van der Waals surface area contributed by atoms with Gasteiger partial charge < -0.3 is 17.1 Å². The third-order valence-corrected chi connectivity index (χ3v) is 13.3. The van der Waals surface area contributed by atoms with Crippen molar-refractivity contribution in [2.45, 2.75) is 71.8 Å². The van der Waals surface area contributed by atoms with Crippen LogP contribution in [0.15, 0.2) is 24.3 Å². The summed E-state index contributed by atoms with van der Waals surface area (Å²) >= 11 is 0. The van der Waals surface area contributed by atoms with Crippen molar-refractivity contribution in [2.75, 3.05) is 0 Å². The van der Waals surface area contributed by atoms with Crippen LogP contribution in [0.1, 0.15) is 24.2 Å². The maximum Gasteiger partial charge on any atom is 0.369 e. The molecule has 0 saturated carbocycles. The van der Waals surface area contributed by atoms with Crippen molar-refractivity contribution in [3.05, 3.63) is 29.8 Å². The van der Waals surface area contributed by atoms with E-state index in [1.165, 1.54) is 0 Å². The van der Waals surface area contributed by atoms with Crippen molar-refractivity contribution in [3.63, 3.8) is 0 Å². The summed E-state index contributed by atoms with van der Waals surface area (Å²) in [5.74, 6) is 0.698. The number of hydrogen-bond acceptors (Lipinski definition) is 5. The third-order valence-electron chi connectivity index (χ3n) is 3.46. The Kier molecular flexibility index (Phi) is 8.42. The molecule has 1 aromatic rings. The van der Waals surface area contributed by atoms with Crippen LogP contribution in [0, 0.1) is 0 Å². The predicted octanol–water partition coefficient (Wildman–Crippen LogP) is 4.45. The van der Waals surface area contributed by atoms with E-state index in [9.17, 15) is 4.79 Å². The Morgan fingerprint density at radius 1 is 0.852 bits per heavy atom. The zero-order valence-electron chi connectivity index (χ0n) is 18.5. The lowest BCUT2D eigenvalue weighted by Crippen LogP contribution is -2.44. The molecule has 9 heteroatoms. The van der Waals surface area contributed by atoms with Gasteiger partial charge in [0.15, 0.2) is 22.4 Å². The fraction of sp³-hybridized carbons (Fsp3) is 0.611. The zero-order chi connectivity index (χ0) is 21.0. The molecule has 0 radical (unpaired) electrons. The average Bonchev–Trinajstić information content (AvgIpc) is 2.42. The van der Waals surface area contributed by atoms with Crippen LogP contribution in [-0.4, -0.2) is 46.6 Å². The minimum Gasteiger partial charge on any atom is -0.523 e. The Balaban J connectivity index is 2.75. The molecular formula is C18H36O5Si4. The Labute approximate surface area is 170 Å². The molecule has 2 atom stereocenters. The van der Waals surface area contributed by atoms with Crippen LogP contribution in [0.3, 0.4) is 0 Å². The second-order valence-electron chi connectivity index (χ2n) is 9.20. The molecule has 2 unspecified atom stereocenters. The molecule has 154 valence electrons. The highest BCUT2D eigenvalue weighted by Crippen LogP contribution is 2.22. The summed E-state index contributed by atoms with van der Waals surface area (Å²) < 4.78 is 24.0. The summed E-state index contributed by atoms with van der Waals surface area (Å²) in [4.78, 5) is 12.9. The molecule has 1 aromatic carbocycles. The Bertz CT molecular complexity index is 620. The molecule has 0 aliphatic carbocycles. The summed E-state index contributed by atoms with van der Waals surface area (Å²) in [6.45, 7) is 20.5. The van der Waals surface area contributed by atoms with Gasteiger partial charge in [0, 0.05) is 5.56 Å². The quantitative estimate of drug-likeness (QED) is 0.394. The van der Waals surface area contributed by atoms with Gasteiger partial charge in [0.25, 0.3) is 0 Å². The second-order valence-corrected chi connectivity index (χ2v) is 22.3. The maximum absolute atomic E-state index is 12.9. The second kappa shape index (κ2) is 9.29. The van der Waals surface area contributed by atoms with Gasteiger partial charge in [-0.2, -0.15) is 0 Å². The minimum absolute atomic E-state index is 0.0452. The highest BCUT2D eigenvalue weighted by Gasteiger charge is 2.33. The zero-order valence-corrected chi connectivity index (χ0v) is 22.8. The lowest BCUT2D eigenvalue weighted by Gasteiger charge is -2.31. The van der Waals surface area contributed by atoms with Gasteiger partial charge in [-0.05, 0) is 90.5 Å². The molecule has 5 nitrogen and oxygen atoms in total. The molecule has 0 fully saturated rings. The van der Waals surface area contributed by atoms with E-state index in [0.717, 1.165) is 5.75 Å². The highest BCUT2D eigenvalue weighted by atomic mass is 28.4. The molecule has 0 aliphatic rings. The largest absolute Gasteiger partial charge is 0.523 e. The van der Waals surface area contributed by atoms with Crippen molar-refractivity contribution in [1.29, 1.82) is 0 Å². The summed E-state index contributed by atoms with van der Waals surface area (Å²) in [5.41, 5.74) is -0.293. The van der Waals surface area contributed by atoms with Crippen LogP contribution in [0.4, 0.5) is 0 Å². The number of rotatable bonds is 10. The highest BCUT2D eigenvalue weighted by molar-refractivity contribution is 6.76. The van der Waals surface area contributed by atoms with Gasteiger partial charge in [-0.3, -0.25) is 4.79 Å². The van der Waals surface area contributed by atoms with Gasteiger partial charge in [-0.15, -0.1) is 0 Å². The summed E-state index contributed by atoms with van der Waals surface area (Å²) in [6, 6.07) is 7.26. The van der Waals surface area contributed by atoms with E-state index in [2.05, 4.69) is 39.3 Å². The Morgan fingerprint density at radius 3 is 1.74 bits per heavy atom. The lowest BCUT2D eigenvalue weighted by atomic mass is 9.97. The van der Waals surface area contributed by atoms with E-state index in [4.69, 9.17) is 17.1 Å². The van der Waals surface area contributed by atoms with Crippen molar-refractivity contribution >= 4 is 41.0 Å². The fourth-order valence-corrected chi connectivity index (χ4v) is 12.6. The smallest absolute Gasteiger partial charge is 0.369 e. The van der Waals surface area contributed by atoms with E-state index in [1.807, 2.05) is 39.1 Å². The average molecular weight is 445 g/mol. The van der Waals surface area contributed by atoms with Crippen LogP contribution >= 0.6 is 0 Å². The van der Waals surface area contributed by atoms with Gasteiger partial charge >= 0.3 is 18.6 Å². The van der Waals surface area contributed by atoms with Gasteiger partial charge in [-0.1, -0.05) is 0 Å². The van der Waals surface area contributed by atoms with Gasteiger partial charge in [-0.25, -0.2) is 0 Å². The molecule has 0 aliphatic heterocycles. The minimum atomic E-state index is -1.87. The van der Waals surface area contributed by atoms with Crippen molar-refractivity contribution in [2.24, 2.45) is 0 Å². The van der Waals surface area contributed by atoms with Crippen molar-refractivity contribution in [3.8, 4) is 5.75 Å². The van der Waals surface area contributed by atoms with Gasteiger partial charge in [0.2, 0.25) is 0 Å². The molecule has 0 amide bonds. The van der Waals surface area contributed by atoms with Crippen LogP contribution in [0.25, 0.3) is 0 Å². The van der Waals surface area contributed by atoms with Gasteiger partial charge in [0.1, 0.15) is 11.4 Å². The molecule has 27 heavy (non-hydrogen) atoms. The Hall–Kier alpha value is -0.562. The van der Waals surface area contributed by atoms with E-state index in [-0.39, 0.29) is 5.78 Å². The standard InChI is InChI=1S/C18H36O5Si4/c1-18(2,21-25(4)23-27(8,9)10)17(19)15-11-13-16(14-12-15)20-24(3)22-26(5,6)7/h11-14,24-25H,1-10H3. The first-order chi connectivity index (χ1) is 12.1. The number of Topliss-reactive ketones (excluding diaryl/α,β-unsaturated/α-hetero) is 1. The first-order valence-corrected chi connectivity index (χ1v) is 20.5. The molecule has 0 saturated heterocycles. The molecule has 0 bridgehead atoms. The Morgan fingerprint density at radius 2 is 1.30 bits per heavy atom. The van der Waals surface area contributed by atoms with E-state index in [0.29, 0.717) is 5.56 Å². The van der Waals surface area contributed by atoms with Crippen LogP contribution in [0.2, 0.25) is 52.4 Å². The number of carbonyl (C=O) groups excluding carboxylic acids is 1. The molecule has 0 aromatic heterocycles. The van der Waals surface area contributed by atoms with E-state index < -0.39 is 40.8 Å². The van der Waals surface area contributed by atoms with Crippen molar-refractivity contribution < 1.29 is 21.9 Å². The normalized spacial score (nSPS) is 15.3. The maximum atomic E-state index is 12.9. The topological polar surface area (TPSA) is 54.0 Å². The molecule has 0 spiro atoms. The molecule has 0 N–H and O–H groups in total. The summed E-state index contributed by atoms with van der Waals surface area (Å²) in [6.07, 6.45) is 0. The molecule has 0 heterocycles. The van der Waals surface area contributed by atoms with E-state index >= 15 is 0 Å². The first-order valence-electron chi connectivity index (χ1n) is 9.44. The number of carbonyl (C=O) groups is 1. The first kappa shape index (κ1) is 24.5. The van der Waals surface area contributed by atoms with Gasteiger partial charge in [0.05, 0.1) is 0 Å². The van der Waals surface area contributed by atoms with Crippen LogP contribution < -0.4 is 4.43 Å². The summed E-state index contributed by atoms with van der Waals surface area (Å²) in [7, 11) is -6.87. The number of hydrogen-bond donors (Lipinski definition) is 0. The fourth-order valence-electron chi connectivity index (χ4n) is 2.74. The monoisotopic (exact) mass is 444 g/mol. The summed E-state index contributed by atoms with van der Waals surface area (Å²) in [5, 5.41) is 0.